The Labute approximate surface area is 106 Å². The number of hydrogen-bond acceptors (Lipinski definition) is 5. The largest absolute Gasteiger partial charge is 0.465 e. The summed E-state index contributed by atoms with van der Waals surface area (Å²) in [5.41, 5.74) is 0.0910. The lowest BCUT2D eigenvalue weighted by atomic mass is 10.3. The van der Waals surface area contributed by atoms with Gasteiger partial charge in [0.25, 0.3) is 5.56 Å². The normalized spacial score (nSPS) is 19.3. The van der Waals surface area contributed by atoms with Crippen molar-refractivity contribution >= 4 is 21.9 Å². The van der Waals surface area contributed by atoms with Crippen molar-refractivity contribution in [3.8, 4) is 0 Å². The Morgan fingerprint density at radius 1 is 1.71 bits per heavy atom. The lowest BCUT2D eigenvalue weighted by Gasteiger charge is -2.14. The first-order valence-corrected chi connectivity index (χ1v) is 5.74. The molecule has 1 N–H and O–H groups in total. The number of rotatable bonds is 2. The molecule has 92 valence electrons. The van der Waals surface area contributed by atoms with E-state index in [1.165, 1.54) is 23.9 Å². The van der Waals surface area contributed by atoms with Crippen molar-refractivity contribution in [1.29, 1.82) is 0 Å². The lowest BCUT2D eigenvalue weighted by Crippen LogP contribution is -2.32. The van der Waals surface area contributed by atoms with Gasteiger partial charge < -0.3 is 9.47 Å². The van der Waals surface area contributed by atoms with Gasteiger partial charge in [0, 0.05) is 16.7 Å². The molecule has 1 unspecified atom stereocenters. The van der Waals surface area contributed by atoms with E-state index in [-0.39, 0.29) is 11.7 Å². The van der Waals surface area contributed by atoms with Gasteiger partial charge in [0.1, 0.15) is 6.17 Å². The molecule has 1 aliphatic rings. The van der Waals surface area contributed by atoms with Crippen molar-refractivity contribution in [2.75, 3.05) is 20.4 Å². The zero-order valence-corrected chi connectivity index (χ0v) is 10.7. The molecule has 2 heterocycles. The second-order valence-electron chi connectivity index (χ2n) is 3.51. The first-order chi connectivity index (χ1) is 8.13. The first-order valence-electron chi connectivity index (χ1n) is 4.94. The summed E-state index contributed by atoms with van der Waals surface area (Å²) < 4.78 is 11.6. The summed E-state index contributed by atoms with van der Waals surface area (Å²) >= 11 is 3.17. The summed E-state index contributed by atoms with van der Waals surface area (Å²) in [6, 6.07) is 1.34. The quantitative estimate of drug-likeness (QED) is 0.805. The van der Waals surface area contributed by atoms with Gasteiger partial charge in [0.15, 0.2) is 0 Å². The van der Waals surface area contributed by atoms with E-state index in [4.69, 9.17) is 4.74 Å². The molecule has 0 bridgehead atoms. The predicted octanol–water partition coefficient (Wildman–Crippen LogP) is 0.473. The SMILES string of the molecule is COC(=O)c1cn(C2COCN2)c(=O)cc1Br. The maximum Gasteiger partial charge on any atom is 0.340 e. The highest BCUT2D eigenvalue weighted by Gasteiger charge is 2.20. The van der Waals surface area contributed by atoms with E-state index < -0.39 is 5.97 Å². The molecule has 0 radical (unpaired) electrons. The Bertz CT molecular complexity index is 494. The number of nitrogens with zero attached hydrogens (tertiary/aromatic N) is 1. The number of halogens is 1. The minimum absolute atomic E-state index is 0.215. The maximum absolute atomic E-state index is 11.8. The molecule has 17 heavy (non-hydrogen) atoms. The fraction of sp³-hybridized carbons (Fsp3) is 0.400. The monoisotopic (exact) mass is 302 g/mol. The number of pyridine rings is 1. The average Bonchev–Trinajstić information content (AvgIpc) is 2.81. The van der Waals surface area contributed by atoms with Crippen LogP contribution < -0.4 is 10.9 Å². The van der Waals surface area contributed by atoms with Crippen LogP contribution in [0, 0.1) is 0 Å². The van der Waals surface area contributed by atoms with E-state index in [0.29, 0.717) is 23.4 Å². The highest BCUT2D eigenvalue weighted by molar-refractivity contribution is 9.10. The molecule has 0 aliphatic carbocycles. The number of esters is 1. The maximum atomic E-state index is 11.8. The molecule has 1 aliphatic heterocycles. The number of carbonyl (C=O) groups excluding carboxylic acids is 1. The summed E-state index contributed by atoms with van der Waals surface area (Å²) in [5, 5.41) is 2.99. The molecule has 1 aromatic rings. The number of ether oxygens (including phenoxy) is 2. The Morgan fingerprint density at radius 2 is 2.47 bits per heavy atom. The van der Waals surface area contributed by atoms with Crippen LogP contribution in [0.2, 0.25) is 0 Å². The average molecular weight is 303 g/mol. The molecule has 2 rings (SSSR count). The van der Waals surface area contributed by atoms with Gasteiger partial charge >= 0.3 is 5.97 Å². The highest BCUT2D eigenvalue weighted by Crippen LogP contribution is 2.17. The first kappa shape index (κ1) is 12.3. The number of aromatic nitrogens is 1. The lowest BCUT2D eigenvalue weighted by molar-refractivity contribution is 0.0598. The van der Waals surface area contributed by atoms with Crippen molar-refractivity contribution in [3.05, 3.63) is 32.7 Å². The molecule has 1 fully saturated rings. The van der Waals surface area contributed by atoms with Crippen molar-refractivity contribution in [3.63, 3.8) is 0 Å². The Hall–Kier alpha value is -1.18. The van der Waals surface area contributed by atoms with Gasteiger partial charge in [-0.05, 0) is 15.9 Å². The summed E-state index contributed by atoms with van der Waals surface area (Å²) in [6.07, 6.45) is 1.21. The minimum Gasteiger partial charge on any atom is -0.465 e. The zero-order valence-electron chi connectivity index (χ0n) is 9.10. The molecule has 0 saturated carbocycles. The van der Waals surface area contributed by atoms with Crippen LogP contribution in [0.25, 0.3) is 0 Å². The van der Waals surface area contributed by atoms with Crippen LogP contribution in [-0.4, -0.2) is 31.0 Å². The number of nitrogens with one attached hydrogen (secondary N) is 1. The molecular formula is C10H11BrN2O4. The third-order valence-corrected chi connectivity index (χ3v) is 3.12. The van der Waals surface area contributed by atoms with E-state index in [1.54, 1.807) is 0 Å². The van der Waals surface area contributed by atoms with Crippen LogP contribution in [-0.2, 0) is 9.47 Å². The Morgan fingerprint density at radius 3 is 3.06 bits per heavy atom. The summed E-state index contributed by atoms with van der Waals surface area (Å²) in [7, 11) is 1.29. The van der Waals surface area contributed by atoms with Gasteiger partial charge in [0.2, 0.25) is 0 Å². The van der Waals surface area contributed by atoms with Crippen molar-refractivity contribution in [2.45, 2.75) is 6.17 Å². The topological polar surface area (TPSA) is 69.6 Å². The third-order valence-electron chi connectivity index (χ3n) is 2.47. The molecule has 0 spiro atoms. The van der Waals surface area contributed by atoms with Gasteiger partial charge in [-0.15, -0.1) is 0 Å². The van der Waals surface area contributed by atoms with Crippen LogP contribution >= 0.6 is 15.9 Å². The zero-order chi connectivity index (χ0) is 12.4. The molecule has 6 nitrogen and oxygen atoms in total. The second kappa shape index (κ2) is 4.99. The van der Waals surface area contributed by atoms with Crippen molar-refractivity contribution < 1.29 is 14.3 Å². The number of methoxy groups -OCH3 is 1. The van der Waals surface area contributed by atoms with Crippen LogP contribution in [0.1, 0.15) is 16.5 Å². The summed E-state index contributed by atoms with van der Waals surface area (Å²) in [4.78, 5) is 23.3. The molecule has 0 amide bonds. The molecule has 0 aromatic carbocycles. The fourth-order valence-electron chi connectivity index (χ4n) is 1.59. The molecule has 1 saturated heterocycles. The van der Waals surface area contributed by atoms with E-state index in [9.17, 15) is 9.59 Å². The standard InChI is InChI=1S/C10H11BrN2O4/c1-16-10(15)6-3-13(8-4-17-5-12-8)9(14)2-7(6)11/h2-3,8,12H,4-5H2,1H3. The van der Waals surface area contributed by atoms with Gasteiger partial charge in [-0.1, -0.05) is 0 Å². The molecule has 7 heteroatoms. The third kappa shape index (κ3) is 2.41. The molecule has 1 aromatic heterocycles. The van der Waals surface area contributed by atoms with Gasteiger partial charge in [-0.2, -0.15) is 0 Å². The second-order valence-corrected chi connectivity index (χ2v) is 4.36. The molecular weight excluding hydrogens is 292 g/mol. The van der Waals surface area contributed by atoms with E-state index in [0.717, 1.165) is 0 Å². The van der Waals surface area contributed by atoms with Crippen LogP contribution in [0.5, 0.6) is 0 Å². The minimum atomic E-state index is -0.496. The molecule has 1 atom stereocenters. The number of hydrogen-bond donors (Lipinski definition) is 1. The van der Waals surface area contributed by atoms with Crippen LogP contribution in [0.3, 0.4) is 0 Å². The van der Waals surface area contributed by atoms with Crippen LogP contribution in [0.4, 0.5) is 0 Å². The highest BCUT2D eigenvalue weighted by atomic mass is 79.9. The summed E-state index contributed by atoms with van der Waals surface area (Å²) in [6.45, 7) is 0.781. The van der Waals surface area contributed by atoms with Crippen LogP contribution in [0.15, 0.2) is 21.5 Å². The van der Waals surface area contributed by atoms with Crippen molar-refractivity contribution in [1.82, 2.24) is 9.88 Å². The van der Waals surface area contributed by atoms with Crippen molar-refractivity contribution in [2.24, 2.45) is 0 Å². The van der Waals surface area contributed by atoms with Gasteiger partial charge in [-0.3, -0.25) is 14.7 Å². The van der Waals surface area contributed by atoms with Gasteiger partial charge in [-0.25, -0.2) is 4.79 Å². The Balaban J connectivity index is 2.45. The van der Waals surface area contributed by atoms with Gasteiger partial charge in [0.05, 0.1) is 26.0 Å². The van der Waals surface area contributed by atoms with E-state index in [1.807, 2.05) is 0 Å². The smallest absolute Gasteiger partial charge is 0.340 e. The fourth-order valence-corrected chi connectivity index (χ4v) is 2.05. The predicted molar refractivity (Wildman–Crippen MR) is 62.7 cm³/mol. The summed E-state index contributed by atoms with van der Waals surface area (Å²) in [5.74, 6) is -0.496. The Kier molecular flexibility index (Phi) is 3.60. The van der Waals surface area contributed by atoms with E-state index >= 15 is 0 Å². The number of carbonyl (C=O) groups is 1. The van der Waals surface area contributed by atoms with E-state index in [2.05, 4.69) is 26.0 Å².